The van der Waals surface area contributed by atoms with Crippen LogP contribution < -0.4 is 15.5 Å². The van der Waals surface area contributed by atoms with Crippen molar-refractivity contribution in [3.05, 3.63) is 60.7 Å². The molecule has 7 heteroatoms. The van der Waals surface area contributed by atoms with Crippen LogP contribution >= 0.6 is 0 Å². The molecule has 2 aromatic carbocycles. The maximum absolute atomic E-state index is 11.0. The SMILES string of the molecule is CC(C)(C)[Si](OCCOCCS(N)(=O)=O)(c1ccccc1)c1ccccc1. The van der Waals surface area contributed by atoms with Crippen molar-refractivity contribution in [3.8, 4) is 0 Å². The lowest BCUT2D eigenvalue weighted by Gasteiger charge is -2.43. The van der Waals surface area contributed by atoms with Gasteiger partial charge in [-0.3, -0.25) is 0 Å². The average molecular weight is 408 g/mol. The fourth-order valence-electron chi connectivity index (χ4n) is 3.29. The van der Waals surface area contributed by atoms with E-state index in [2.05, 4.69) is 45.0 Å². The van der Waals surface area contributed by atoms with Gasteiger partial charge in [-0.15, -0.1) is 0 Å². The Morgan fingerprint density at radius 1 is 0.852 bits per heavy atom. The number of sulfonamides is 1. The Hall–Kier alpha value is -1.51. The Kier molecular flexibility index (Phi) is 7.36. The molecule has 0 spiro atoms. The van der Waals surface area contributed by atoms with Gasteiger partial charge in [-0.25, -0.2) is 13.6 Å². The number of primary sulfonamides is 1. The highest BCUT2D eigenvalue weighted by molar-refractivity contribution is 7.89. The van der Waals surface area contributed by atoms with Gasteiger partial charge in [0.2, 0.25) is 10.0 Å². The van der Waals surface area contributed by atoms with Crippen molar-refractivity contribution in [2.45, 2.75) is 25.8 Å². The molecule has 0 unspecified atom stereocenters. The number of rotatable bonds is 9. The molecule has 0 fully saturated rings. The summed E-state index contributed by atoms with van der Waals surface area (Å²) in [6, 6.07) is 20.7. The van der Waals surface area contributed by atoms with Crippen LogP contribution in [0.25, 0.3) is 0 Å². The summed E-state index contributed by atoms with van der Waals surface area (Å²) < 4.78 is 34.1. The van der Waals surface area contributed by atoms with Crippen LogP contribution in [0.4, 0.5) is 0 Å². The summed E-state index contributed by atoms with van der Waals surface area (Å²) in [5, 5.41) is 7.30. The maximum Gasteiger partial charge on any atom is 0.261 e. The van der Waals surface area contributed by atoms with Gasteiger partial charge >= 0.3 is 0 Å². The quantitative estimate of drug-likeness (QED) is 0.508. The second-order valence-electron chi connectivity index (χ2n) is 7.49. The van der Waals surface area contributed by atoms with E-state index in [1.807, 2.05) is 36.4 Å². The van der Waals surface area contributed by atoms with E-state index >= 15 is 0 Å². The standard InChI is InChI=1S/C20H29NO4SSi/c1-20(2,3)27(18-10-6-4-7-11-18,19-12-8-5-9-13-19)25-15-14-24-16-17-26(21,22)23/h4-13H,14-17H2,1-3H3,(H2,21,22,23). The monoisotopic (exact) mass is 407 g/mol. The van der Waals surface area contributed by atoms with Gasteiger partial charge in [0.15, 0.2) is 0 Å². The fraction of sp³-hybridized carbons (Fsp3) is 0.400. The van der Waals surface area contributed by atoms with Gasteiger partial charge in [0.1, 0.15) is 0 Å². The molecule has 0 aromatic heterocycles. The van der Waals surface area contributed by atoms with Gasteiger partial charge in [0.25, 0.3) is 8.32 Å². The molecular formula is C20H29NO4SSi. The Morgan fingerprint density at radius 3 is 1.74 bits per heavy atom. The van der Waals surface area contributed by atoms with Crippen molar-refractivity contribution in [2.75, 3.05) is 25.6 Å². The Morgan fingerprint density at radius 2 is 1.33 bits per heavy atom. The third-order valence-corrected chi connectivity index (χ3v) is 10.3. The number of benzene rings is 2. The molecule has 2 aromatic rings. The molecule has 0 aliphatic heterocycles. The highest BCUT2D eigenvalue weighted by Gasteiger charge is 2.49. The third-order valence-electron chi connectivity index (χ3n) is 4.48. The number of hydrogen-bond donors (Lipinski definition) is 1. The Bertz CT molecular complexity index is 765. The van der Waals surface area contributed by atoms with E-state index in [1.54, 1.807) is 0 Å². The first-order valence-corrected chi connectivity index (χ1v) is 12.6. The van der Waals surface area contributed by atoms with Crippen LogP contribution in [0.1, 0.15) is 20.8 Å². The molecular weight excluding hydrogens is 378 g/mol. The zero-order chi connectivity index (χ0) is 20.0. The van der Waals surface area contributed by atoms with Crippen molar-refractivity contribution in [1.29, 1.82) is 0 Å². The van der Waals surface area contributed by atoms with Crippen molar-refractivity contribution < 1.29 is 17.6 Å². The molecule has 0 heterocycles. The van der Waals surface area contributed by atoms with E-state index in [-0.39, 0.29) is 17.4 Å². The van der Waals surface area contributed by atoms with E-state index in [1.165, 1.54) is 10.4 Å². The topological polar surface area (TPSA) is 78.6 Å². The summed E-state index contributed by atoms with van der Waals surface area (Å²) in [5.74, 6) is -0.188. The van der Waals surface area contributed by atoms with E-state index < -0.39 is 18.3 Å². The van der Waals surface area contributed by atoms with Gasteiger partial charge in [-0.05, 0) is 15.4 Å². The van der Waals surface area contributed by atoms with Crippen LogP contribution in [0.2, 0.25) is 5.04 Å². The normalized spacial score (nSPS) is 12.9. The molecule has 27 heavy (non-hydrogen) atoms. The maximum atomic E-state index is 11.0. The van der Waals surface area contributed by atoms with E-state index in [9.17, 15) is 8.42 Å². The summed E-state index contributed by atoms with van der Waals surface area (Å²) in [5.41, 5.74) is 0. The zero-order valence-electron chi connectivity index (χ0n) is 16.2. The van der Waals surface area contributed by atoms with E-state index in [4.69, 9.17) is 14.3 Å². The Labute approximate surface area is 163 Å². The first-order valence-electron chi connectivity index (χ1n) is 9.00. The fourth-order valence-corrected chi connectivity index (χ4v) is 8.19. The number of nitrogens with two attached hydrogens (primary N) is 1. The molecule has 148 valence electrons. The summed E-state index contributed by atoms with van der Waals surface area (Å²) in [6.07, 6.45) is 0. The molecule has 0 aliphatic carbocycles. The lowest BCUT2D eigenvalue weighted by molar-refractivity contribution is 0.107. The van der Waals surface area contributed by atoms with Crippen molar-refractivity contribution in [2.24, 2.45) is 5.14 Å². The molecule has 2 N–H and O–H groups in total. The number of hydrogen-bond acceptors (Lipinski definition) is 4. The van der Waals surface area contributed by atoms with Crippen LogP contribution in [0.15, 0.2) is 60.7 Å². The second-order valence-corrected chi connectivity index (χ2v) is 13.5. The highest BCUT2D eigenvalue weighted by atomic mass is 32.2. The molecule has 0 atom stereocenters. The first-order chi connectivity index (χ1) is 12.7. The predicted molar refractivity (Wildman–Crippen MR) is 112 cm³/mol. The largest absolute Gasteiger partial charge is 0.405 e. The van der Waals surface area contributed by atoms with Gasteiger partial charge in [0, 0.05) is 0 Å². The predicted octanol–water partition coefficient (Wildman–Crippen LogP) is 1.87. The minimum Gasteiger partial charge on any atom is -0.405 e. The van der Waals surface area contributed by atoms with Crippen molar-refractivity contribution >= 4 is 28.7 Å². The van der Waals surface area contributed by atoms with Crippen LogP contribution in [0.5, 0.6) is 0 Å². The van der Waals surface area contributed by atoms with Crippen LogP contribution in [-0.4, -0.2) is 42.3 Å². The minimum absolute atomic E-state index is 0.0724. The van der Waals surface area contributed by atoms with E-state index in [0.29, 0.717) is 13.2 Å². The van der Waals surface area contributed by atoms with Crippen LogP contribution in [0.3, 0.4) is 0 Å². The van der Waals surface area contributed by atoms with Crippen molar-refractivity contribution in [3.63, 3.8) is 0 Å². The molecule has 0 bridgehead atoms. The molecule has 5 nitrogen and oxygen atoms in total. The average Bonchev–Trinajstić information content (AvgIpc) is 2.61. The lowest BCUT2D eigenvalue weighted by Crippen LogP contribution is -2.66. The van der Waals surface area contributed by atoms with Gasteiger partial charge in [0.05, 0.1) is 25.6 Å². The van der Waals surface area contributed by atoms with Gasteiger partial charge in [-0.1, -0.05) is 81.4 Å². The zero-order valence-corrected chi connectivity index (χ0v) is 18.0. The number of ether oxygens (including phenoxy) is 1. The highest BCUT2D eigenvalue weighted by Crippen LogP contribution is 2.36. The van der Waals surface area contributed by atoms with Crippen LogP contribution in [0, 0.1) is 0 Å². The first kappa shape index (κ1) is 21.8. The summed E-state index contributed by atoms with van der Waals surface area (Å²) in [4.78, 5) is 0. The summed E-state index contributed by atoms with van der Waals surface area (Å²) in [6.45, 7) is 7.41. The third kappa shape index (κ3) is 5.73. The molecule has 0 saturated heterocycles. The second kappa shape index (κ2) is 9.12. The Balaban J connectivity index is 2.25. The molecule has 0 saturated carbocycles. The molecule has 0 radical (unpaired) electrons. The van der Waals surface area contributed by atoms with Crippen molar-refractivity contribution in [1.82, 2.24) is 0 Å². The molecule has 0 amide bonds. The van der Waals surface area contributed by atoms with Gasteiger partial charge < -0.3 is 9.16 Å². The summed E-state index contributed by atoms with van der Waals surface area (Å²) >= 11 is 0. The molecule has 0 aliphatic rings. The molecule has 2 rings (SSSR count). The minimum atomic E-state index is -3.51. The smallest absolute Gasteiger partial charge is 0.261 e. The van der Waals surface area contributed by atoms with E-state index in [0.717, 1.165) is 0 Å². The summed E-state index contributed by atoms with van der Waals surface area (Å²) in [7, 11) is -6.08. The lowest BCUT2D eigenvalue weighted by atomic mass is 10.2. The van der Waals surface area contributed by atoms with Crippen LogP contribution in [-0.2, 0) is 19.2 Å². The van der Waals surface area contributed by atoms with Gasteiger partial charge in [-0.2, -0.15) is 0 Å².